The Kier molecular flexibility index (Phi) is 7.57. The van der Waals surface area contributed by atoms with Gasteiger partial charge in [0.2, 0.25) is 5.91 Å². The molecule has 1 fully saturated rings. The smallest absolute Gasteiger partial charge is 0.337 e. The number of benzene rings is 4. The van der Waals surface area contributed by atoms with Crippen molar-refractivity contribution in [2.45, 2.75) is 31.8 Å². The third-order valence-electron chi connectivity index (χ3n) is 8.29. The summed E-state index contributed by atoms with van der Waals surface area (Å²) in [7, 11) is 1.36. The van der Waals surface area contributed by atoms with Gasteiger partial charge < -0.3 is 15.0 Å². The molecule has 212 valence electrons. The predicted molar refractivity (Wildman–Crippen MR) is 157 cm³/mol. The average molecular weight is 563 g/mol. The molecule has 0 spiro atoms. The first-order valence-electron chi connectivity index (χ1n) is 14.1. The summed E-state index contributed by atoms with van der Waals surface area (Å²) in [6.45, 7) is 1.20. The zero-order chi connectivity index (χ0) is 29.2. The highest BCUT2D eigenvalue weighted by atomic mass is 19.1. The first-order chi connectivity index (χ1) is 20.4. The second kappa shape index (κ2) is 11.6. The minimum absolute atomic E-state index is 0.0301. The molecule has 1 N–H and O–H groups in total. The van der Waals surface area contributed by atoms with Crippen LogP contribution in [-0.4, -0.2) is 36.3 Å². The number of carbonyl (C=O) groups is 3. The molecule has 4 aromatic carbocycles. The molecular formula is C35H31FN2O4. The first-order valence-corrected chi connectivity index (χ1v) is 14.1. The van der Waals surface area contributed by atoms with E-state index in [1.165, 1.54) is 36.9 Å². The molecule has 2 aliphatic rings. The van der Waals surface area contributed by atoms with Gasteiger partial charge in [-0.2, -0.15) is 0 Å². The predicted octanol–water partition coefficient (Wildman–Crippen LogP) is 5.90. The minimum atomic E-state index is -0.407. The normalized spacial score (nSPS) is 17.2. The lowest BCUT2D eigenvalue weighted by Gasteiger charge is -2.32. The van der Waals surface area contributed by atoms with E-state index in [2.05, 4.69) is 17.4 Å². The molecule has 6 nitrogen and oxygen atoms in total. The van der Waals surface area contributed by atoms with Crippen molar-refractivity contribution >= 4 is 17.8 Å². The van der Waals surface area contributed by atoms with Gasteiger partial charge in [0.15, 0.2) is 0 Å². The van der Waals surface area contributed by atoms with E-state index in [0.717, 1.165) is 34.2 Å². The number of esters is 1. The van der Waals surface area contributed by atoms with Crippen LogP contribution in [0.2, 0.25) is 0 Å². The first kappa shape index (κ1) is 27.4. The highest BCUT2D eigenvalue weighted by Gasteiger charge is 2.43. The average Bonchev–Trinajstić information content (AvgIpc) is 3.85. The van der Waals surface area contributed by atoms with Crippen LogP contribution in [0, 0.1) is 11.7 Å². The second-order valence-electron chi connectivity index (χ2n) is 10.9. The molecule has 6 rings (SSSR count). The van der Waals surface area contributed by atoms with E-state index in [1.807, 2.05) is 48.5 Å². The fourth-order valence-corrected chi connectivity index (χ4v) is 5.92. The van der Waals surface area contributed by atoms with E-state index >= 15 is 0 Å². The minimum Gasteiger partial charge on any atom is -0.465 e. The molecule has 2 amide bonds. The number of rotatable bonds is 7. The number of fused-ring (bicyclic) bond motifs is 1. The second-order valence-corrected chi connectivity index (χ2v) is 10.9. The summed E-state index contributed by atoms with van der Waals surface area (Å²) in [6.07, 6.45) is 1.43. The van der Waals surface area contributed by atoms with E-state index in [0.29, 0.717) is 37.2 Å². The van der Waals surface area contributed by atoms with Crippen molar-refractivity contribution in [3.05, 3.63) is 130 Å². The summed E-state index contributed by atoms with van der Waals surface area (Å²) in [5.41, 5.74) is 6.94. The summed E-state index contributed by atoms with van der Waals surface area (Å²) >= 11 is 0. The maximum Gasteiger partial charge on any atom is 0.337 e. The number of hydrogen-bond acceptors (Lipinski definition) is 4. The Hall–Kier alpha value is -4.78. The van der Waals surface area contributed by atoms with Crippen LogP contribution in [0.1, 0.15) is 55.3 Å². The number of hydrogen-bond donors (Lipinski definition) is 1. The zero-order valence-electron chi connectivity index (χ0n) is 23.3. The van der Waals surface area contributed by atoms with E-state index in [1.54, 1.807) is 11.0 Å². The molecule has 1 saturated carbocycles. The van der Waals surface area contributed by atoms with Crippen LogP contribution in [0.5, 0.6) is 0 Å². The van der Waals surface area contributed by atoms with E-state index in [-0.39, 0.29) is 23.7 Å². The molecule has 0 saturated heterocycles. The summed E-state index contributed by atoms with van der Waals surface area (Å²) in [5, 5.41) is 3.14. The molecular weight excluding hydrogens is 531 g/mol. The van der Waals surface area contributed by atoms with E-state index < -0.39 is 11.8 Å². The molecule has 7 heteroatoms. The highest BCUT2D eigenvalue weighted by Crippen LogP contribution is 2.47. The molecule has 1 aliphatic carbocycles. The molecule has 0 aromatic heterocycles. The lowest BCUT2D eigenvalue weighted by Crippen LogP contribution is -2.37. The number of nitrogens with zero attached hydrogens (tertiary/aromatic N) is 1. The maximum atomic E-state index is 13.5. The van der Waals surface area contributed by atoms with Gasteiger partial charge in [-0.25, -0.2) is 9.18 Å². The van der Waals surface area contributed by atoms with Crippen molar-refractivity contribution in [1.82, 2.24) is 10.2 Å². The van der Waals surface area contributed by atoms with Crippen molar-refractivity contribution in [1.29, 1.82) is 0 Å². The molecule has 1 aliphatic heterocycles. The third-order valence-corrected chi connectivity index (χ3v) is 8.29. The Morgan fingerprint density at radius 3 is 2.45 bits per heavy atom. The van der Waals surface area contributed by atoms with Crippen LogP contribution >= 0.6 is 0 Å². The van der Waals surface area contributed by atoms with Crippen LogP contribution in [-0.2, 0) is 29.0 Å². The third kappa shape index (κ3) is 5.55. The lowest BCUT2D eigenvalue weighted by atomic mass is 9.87. The fraction of sp³-hybridized carbons (Fsp3) is 0.229. The number of halogens is 1. The molecule has 2 atom stereocenters. The summed E-state index contributed by atoms with van der Waals surface area (Å²) in [5.74, 6) is -0.735. The molecule has 0 unspecified atom stereocenters. The molecule has 0 bridgehead atoms. The number of ether oxygens (including phenoxy) is 1. The molecule has 4 aromatic rings. The number of amides is 2. The van der Waals surface area contributed by atoms with Gasteiger partial charge in [-0.1, -0.05) is 54.6 Å². The van der Waals surface area contributed by atoms with Gasteiger partial charge in [-0.15, -0.1) is 0 Å². The Bertz CT molecular complexity index is 1650. The molecule has 1 heterocycles. The Balaban J connectivity index is 1.28. The van der Waals surface area contributed by atoms with Gasteiger partial charge in [-0.3, -0.25) is 9.59 Å². The summed E-state index contributed by atoms with van der Waals surface area (Å²) in [4.78, 5) is 40.4. The maximum absolute atomic E-state index is 13.5. The number of methoxy groups -OCH3 is 1. The van der Waals surface area contributed by atoms with Crippen molar-refractivity contribution in [2.24, 2.45) is 5.92 Å². The van der Waals surface area contributed by atoms with E-state index in [9.17, 15) is 18.8 Å². The largest absolute Gasteiger partial charge is 0.465 e. The zero-order valence-corrected chi connectivity index (χ0v) is 23.3. The van der Waals surface area contributed by atoms with Crippen LogP contribution in [0.15, 0.2) is 91.0 Å². The van der Waals surface area contributed by atoms with Gasteiger partial charge in [0.25, 0.3) is 5.91 Å². The monoisotopic (exact) mass is 562 g/mol. The fourth-order valence-electron chi connectivity index (χ4n) is 5.92. The number of nitrogens with one attached hydrogen (secondary N) is 1. The van der Waals surface area contributed by atoms with Gasteiger partial charge >= 0.3 is 5.97 Å². The van der Waals surface area contributed by atoms with E-state index in [4.69, 9.17) is 4.74 Å². The topological polar surface area (TPSA) is 75.7 Å². The molecule has 0 radical (unpaired) electrons. The van der Waals surface area contributed by atoms with Gasteiger partial charge in [0.05, 0.1) is 12.7 Å². The Labute approximate surface area is 244 Å². The van der Waals surface area contributed by atoms with Gasteiger partial charge in [-0.05, 0) is 88.5 Å². The summed E-state index contributed by atoms with van der Waals surface area (Å²) < 4.78 is 18.4. The Morgan fingerprint density at radius 1 is 0.905 bits per heavy atom. The lowest BCUT2D eigenvalue weighted by molar-refractivity contribution is -0.122. The van der Waals surface area contributed by atoms with Crippen LogP contribution in [0.4, 0.5) is 4.39 Å². The quantitative estimate of drug-likeness (QED) is 0.285. The van der Waals surface area contributed by atoms with Gasteiger partial charge in [0.1, 0.15) is 5.82 Å². The SMILES string of the molecule is COC(=O)c1cccc(-c2ccc(CNC(=O)[C@H]3C[C@@H]3c3ccccc3)c3c2CCN(C(=O)c2ccc(F)cc2)C3)c1. The standard InChI is InChI=1S/C35H31FN2O4/c1-42-35(41)25-9-5-8-24(18-25)28-15-12-26(20-37-33(39)31-19-30(31)22-6-3-2-4-7-22)32-21-38(17-16-29(28)32)34(40)23-10-13-27(36)14-11-23/h2-15,18,30-31H,16-17,19-21H2,1H3,(H,37,39)/t30-,31+/m1/s1. The molecule has 42 heavy (non-hydrogen) atoms. The van der Waals surface area contributed by atoms with Crippen molar-refractivity contribution in [3.63, 3.8) is 0 Å². The number of carbonyl (C=O) groups excluding carboxylic acids is 3. The van der Waals surface area contributed by atoms with Crippen LogP contribution in [0.3, 0.4) is 0 Å². The Morgan fingerprint density at radius 2 is 1.69 bits per heavy atom. The van der Waals surface area contributed by atoms with Gasteiger partial charge in [0, 0.05) is 31.1 Å². The van der Waals surface area contributed by atoms with Crippen LogP contribution < -0.4 is 5.32 Å². The van der Waals surface area contributed by atoms with Crippen molar-refractivity contribution in [3.8, 4) is 11.1 Å². The highest BCUT2D eigenvalue weighted by molar-refractivity contribution is 5.94. The van der Waals surface area contributed by atoms with Crippen molar-refractivity contribution < 1.29 is 23.5 Å². The van der Waals surface area contributed by atoms with Crippen molar-refractivity contribution in [2.75, 3.05) is 13.7 Å². The van der Waals surface area contributed by atoms with Crippen LogP contribution in [0.25, 0.3) is 11.1 Å². The summed E-state index contributed by atoms with van der Waals surface area (Å²) in [6, 6.07) is 27.0.